The smallest absolute Gasteiger partial charge is 0.223 e. The molecule has 25 heavy (non-hydrogen) atoms. The van der Waals surface area contributed by atoms with E-state index in [4.69, 9.17) is 4.98 Å². The van der Waals surface area contributed by atoms with Crippen molar-refractivity contribution in [2.75, 3.05) is 25.0 Å². The lowest BCUT2D eigenvalue weighted by atomic mass is 10.1. The van der Waals surface area contributed by atoms with Crippen molar-refractivity contribution in [1.29, 1.82) is 0 Å². The van der Waals surface area contributed by atoms with Gasteiger partial charge in [0, 0.05) is 17.3 Å². The van der Waals surface area contributed by atoms with Gasteiger partial charge in [-0.05, 0) is 59.3 Å². The molecule has 0 amide bonds. The van der Waals surface area contributed by atoms with Crippen molar-refractivity contribution in [3.63, 3.8) is 0 Å². The molecule has 0 radical (unpaired) electrons. The topological polar surface area (TPSA) is 41.0 Å². The van der Waals surface area contributed by atoms with Crippen LogP contribution in [0.15, 0.2) is 30.3 Å². The first kappa shape index (κ1) is 19.4. The second-order valence-electron chi connectivity index (χ2n) is 6.80. The van der Waals surface area contributed by atoms with E-state index in [0.29, 0.717) is 6.04 Å². The second kappa shape index (κ2) is 9.52. The van der Waals surface area contributed by atoms with E-state index < -0.39 is 0 Å². The van der Waals surface area contributed by atoms with Crippen LogP contribution in [0.4, 0.5) is 5.95 Å². The van der Waals surface area contributed by atoms with Crippen molar-refractivity contribution in [2.45, 2.75) is 53.5 Å². The Morgan fingerprint density at radius 1 is 1.04 bits per heavy atom. The molecule has 0 bridgehead atoms. The summed E-state index contributed by atoms with van der Waals surface area (Å²) in [6.45, 7) is 14.2. The van der Waals surface area contributed by atoms with Gasteiger partial charge in [0.2, 0.25) is 5.95 Å². The van der Waals surface area contributed by atoms with Crippen LogP contribution in [0.5, 0.6) is 0 Å². The zero-order valence-electron chi connectivity index (χ0n) is 16.3. The number of aromatic nitrogens is 2. The van der Waals surface area contributed by atoms with Crippen molar-refractivity contribution in [3.05, 3.63) is 41.6 Å². The first-order valence-corrected chi connectivity index (χ1v) is 9.43. The molecule has 0 fully saturated rings. The van der Waals surface area contributed by atoms with E-state index >= 15 is 0 Å². The summed E-state index contributed by atoms with van der Waals surface area (Å²) in [7, 11) is 0. The predicted octanol–water partition coefficient (Wildman–Crippen LogP) is 4.68. The van der Waals surface area contributed by atoms with Gasteiger partial charge in [0.25, 0.3) is 0 Å². The van der Waals surface area contributed by atoms with Crippen molar-refractivity contribution in [2.24, 2.45) is 0 Å². The van der Waals surface area contributed by atoms with E-state index in [-0.39, 0.29) is 0 Å². The number of nitrogens with one attached hydrogen (secondary N) is 1. The van der Waals surface area contributed by atoms with Crippen molar-refractivity contribution < 1.29 is 0 Å². The Morgan fingerprint density at radius 3 is 2.36 bits per heavy atom. The van der Waals surface area contributed by atoms with E-state index in [1.165, 1.54) is 12.0 Å². The minimum absolute atomic E-state index is 0.364. The molecule has 0 aliphatic heterocycles. The predicted molar refractivity (Wildman–Crippen MR) is 107 cm³/mol. The maximum absolute atomic E-state index is 4.72. The molecular formula is C21H32N4. The zero-order valence-corrected chi connectivity index (χ0v) is 16.3. The van der Waals surface area contributed by atoms with Crippen LogP contribution in [0.25, 0.3) is 11.3 Å². The fourth-order valence-corrected chi connectivity index (χ4v) is 2.96. The Balaban J connectivity index is 1.98. The lowest BCUT2D eigenvalue weighted by Crippen LogP contribution is -2.26. The van der Waals surface area contributed by atoms with Gasteiger partial charge in [0.1, 0.15) is 0 Å². The van der Waals surface area contributed by atoms with Gasteiger partial charge in [-0.2, -0.15) is 0 Å². The molecule has 136 valence electrons. The highest BCUT2D eigenvalue weighted by atomic mass is 15.1. The average Bonchev–Trinajstić information content (AvgIpc) is 2.59. The van der Waals surface area contributed by atoms with E-state index in [1.807, 2.05) is 13.0 Å². The van der Waals surface area contributed by atoms with E-state index in [0.717, 1.165) is 49.0 Å². The van der Waals surface area contributed by atoms with E-state index in [1.54, 1.807) is 0 Å². The number of rotatable bonds is 9. The van der Waals surface area contributed by atoms with Gasteiger partial charge in [0.15, 0.2) is 0 Å². The first-order chi connectivity index (χ1) is 12.0. The summed E-state index contributed by atoms with van der Waals surface area (Å²) in [6.07, 6.45) is 2.31. The third-order valence-corrected chi connectivity index (χ3v) is 4.58. The lowest BCUT2D eigenvalue weighted by molar-refractivity contribution is 0.295. The van der Waals surface area contributed by atoms with Crippen LogP contribution >= 0.6 is 0 Å². The van der Waals surface area contributed by atoms with Crippen molar-refractivity contribution in [1.82, 2.24) is 14.9 Å². The third-order valence-electron chi connectivity index (χ3n) is 4.58. The number of hydrogen-bond acceptors (Lipinski definition) is 4. The fourth-order valence-electron chi connectivity index (χ4n) is 2.96. The molecular weight excluding hydrogens is 308 g/mol. The highest BCUT2D eigenvalue weighted by molar-refractivity contribution is 5.61. The molecule has 4 heteroatoms. The second-order valence-corrected chi connectivity index (χ2v) is 6.80. The van der Waals surface area contributed by atoms with Gasteiger partial charge in [-0.15, -0.1) is 0 Å². The zero-order chi connectivity index (χ0) is 18.2. The number of anilines is 1. The minimum atomic E-state index is 0.364. The van der Waals surface area contributed by atoms with Gasteiger partial charge >= 0.3 is 0 Å². The monoisotopic (exact) mass is 340 g/mol. The van der Waals surface area contributed by atoms with Crippen LogP contribution in [0.3, 0.4) is 0 Å². The van der Waals surface area contributed by atoms with Crippen LogP contribution in [-0.2, 0) is 0 Å². The molecule has 1 N–H and O–H groups in total. The Morgan fingerprint density at radius 2 is 1.72 bits per heavy atom. The van der Waals surface area contributed by atoms with Crippen molar-refractivity contribution >= 4 is 5.95 Å². The van der Waals surface area contributed by atoms with Crippen LogP contribution < -0.4 is 5.32 Å². The van der Waals surface area contributed by atoms with E-state index in [2.05, 4.69) is 67.2 Å². The summed E-state index contributed by atoms with van der Waals surface area (Å²) in [6, 6.07) is 10.9. The fraction of sp³-hybridized carbons (Fsp3) is 0.524. The molecule has 1 heterocycles. The third kappa shape index (κ3) is 6.13. The standard InChI is InChI=1S/C21H32N4/c1-6-25(7-2)14-8-9-17(4)22-21-23-18(5)15-20(24-21)19-12-10-16(3)11-13-19/h10-13,15,17H,6-9,14H2,1-5H3,(H,22,23,24). The first-order valence-electron chi connectivity index (χ1n) is 9.43. The molecule has 0 saturated carbocycles. The molecule has 2 rings (SSSR count). The summed E-state index contributed by atoms with van der Waals surface area (Å²) in [5.74, 6) is 0.728. The summed E-state index contributed by atoms with van der Waals surface area (Å²) in [5, 5.41) is 3.47. The maximum Gasteiger partial charge on any atom is 0.223 e. The summed E-state index contributed by atoms with van der Waals surface area (Å²) >= 11 is 0. The molecule has 1 aromatic carbocycles. The summed E-state index contributed by atoms with van der Waals surface area (Å²) < 4.78 is 0. The molecule has 0 aliphatic rings. The van der Waals surface area contributed by atoms with Gasteiger partial charge < -0.3 is 10.2 Å². The number of benzene rings is 1. The number of aryl methyl sites for hydroxylation is 2. The van der Waals surface area contributed by atoms with Gasteiger partial charge in [-0.1, -0.05) is 43.7 Å². The molecule has 2 aromatic rings. The highest BCUT2D eigenvalue weighted by Crippen LogP contribution is 2.20. The summed E-state index contributed by atoms with van der Waals surface area (Å²) in [5.41, 5.74) is 4.36. The Hall–Kier alpha value is -1.94. The minimum Gasteiger partial charge on any atom is -0.352 e. The average molecular weight is 341 g/mol. The number of nitrogens with zero attached hydrogens (tertiary/aromatic N) is 3. The molecule has 0 spiro atoms. The summed E-state index contributed by atoms with van der Waals surface area (Å²) in [4.78, 5) is 11.7. The molecule has 1 unspecified atom stereocenters. The van der Waals surface area contributed by atoms with Gasteiger partial charge in [0.05, 0.1) is 5.69 Å². The van der Waals surface area contributed by atoms with Gasteiger partial charge in [-0.3, -0.25) is 0 Å². The largest absolute Gasteiger partial charge is 0.352 e. The molecule has 0 aliphatic carbocycles. The highest BCUT2D eigenvalue weighted by Gasteiger charge is 2.09. The maximum atomic E-state index is 4.72. The molecule has 1 atom stereocenters. The quantitative estimate of drug-likeness (QED) is 0.719. The van der Waals surface area contributed by atoms with E-state index in [9.17, 15) is 0 Å². The number of hydrogen-bond donors (Lipinski definition) is 1. The lowest BCUT2D eigenvalue weighted by Gasteiger charge is -2.20. The Labute approximate surface area is 152 Å². The Bertz CT molecular complexity index is 647. The van der Waals surface area contributed by atoms with Crippen LogP contribution in [0.1, 0.15) is 44.9 Å². The van der Waals surface area contributed by atoms with Crippen LogP contribution in [0, 0.1) is 13.8 Å². The van der Waals surface area contributed by atoms with Crippen LogP contribution in [-0.4, -0.2) is 40.5 Å². The molecule has 1 aromatic heterocycles. The van der Waals surface area contributed by atoms with Crippen LogP contribution in [0.2, 0.25) is 0 Å². The van der Waals surface area contributed by atoms with Gasteiger partial charge in [-0.25, -0.2) is 9.97 Å². The SMILES string of the molecule is CCN(CC)CCCC(C)Nc1nc(C)cc(-c2ccc(C)cc2)n1. The Kier molecular flexibility index (Phi) is 7.38. The molecule has 0 saturated heterocycles. The van der Waals surface area contributed by atoms with Crippen molar-refractivity contribution in [3.8, 4) is 11.3 Å². The molecule has 4 nitrogen and oxygen atoms in total. The normalized spacial score (nSPS) is 12.4.